The van der Waals surface area contributed by atoms with Crippen LogP contribution in [0.25, 0.3) is 0 Å². The first-order valence-electron chi connectivity index (χ1n) is 7.13. The molecule has 4 rings (SSSR count). The van der Waals surface area contributed by atoms with Crippen molar-refractivity contribution in [1.29, 1.82) is 0 Å². The first-order valence-corrected chi connectivity index (χ1v) is 7.13. The Labute approximate surface area is 117 Å². The van der Waals surface area contributed by atoms with Crippen LogP contribution in [0.15, 0.2) is 18.2 Å². The first-order chi connectivity index (χ1) is 9.70. The number of nitrogens with zero attached hydrogens (tertiary/aromatic N) is 1. The Morgan fingerprint density at radius 2 is 1.95 bits per heavy atom. The van der Waals surface area contributed by atoms with Crippen LogP contribution < -0.4 is 10.6 Å². The molecular weight excluding hydrogens is 254 g/mol. The van der Waals surface area contributed by atoms with Crippen LogP contribution in [0.1, 0.15) is 15.9 Å². The molecule has 3 heterocycles. The normalized spacial score (nSPS) is 27.4. The zero-order chi connectivity index (χ0) is 13.7. The van der Waals surface area contributed by atoms with Gasteiger partial charge in [-0.15, -0.1) is 0 Å². The van der Waals surface area contributed by atoms with Gasteiger partial charge in [0, 0.05) is 37.4 Å². The zero-order valence-corrected chi connectivity index (χ0v) is 11.2. The van der Waals surface area contributed by atoms with Gasteiger partial charge in [0.15, 0.2) is 0 Å². The highest BCUT2D eigenvalue weighted by molar-refractivity contribution is 6.01. The molecule has 5 heteroatoms. The number of rotatable bonds is 1. The molecule has 1 aromatic carbocycles. The summed E-state index contributed by atoms with van der Waals surface area (Å²) in [6, 6.07) is 5.52. The van der Waals surface area contributed by atoms with Crippen LogP contribution in [0.3, 0.4) is 0 Å². The van der Waals surface area contributed by atoms with Crippen molar-refractivity contribution in [2.24, 2.45) is 11.8 Å². The third-order valence-corrected chi connectivity index (χ3v) is 4.65. The maximum atomic E-state index is 12.6. The Hall–Kier alpha value is -1.88. The molecule has 2 amide bonds. The average Bonchev–Trinajstić information content (AvgIpc) is 3.08. The molecule has 0 radical (unpaired) electrons. The lowest BCUT2D eigenvalue weighted by Gasteiger charge is -2.18. The number of carbonyl (C=O) groups excluding carboxylic acids is 2. The quantitative estimate of drug-likeness (QED) is 0.780. The lowest BCUT2D eigenvalue weighted by atomic mass is 10.0. The van der Waals surface area contributed by atoms with E-state index in [1.807, 2.05) is 23.1 Å². The molecule has 0 unspecified atom stereocenters. The van der Waals surface area contributed by atoms with Gasteiger partial charge in [-0.25, -0.2) is 0 Å². The molecule has 2 saturated heterocycles. The molecular formula is C15H17N3O2. The van der Waals surface area contributed by atoms with Crippen molar-refractivity contribution in [1.82, 2.24) is 10.2 Å². The van der Waals surface area contributed by atoms with Crippen molar-refractivity contribution in [2.75, 3.05) is 31.5 Å². The molecule has 0 aliphatic carbocycles. The lowest BCUT2D eigenvalue weighted by Crippen LogP contribution is -2.31. The predicted molar refractivity (Wildman–Crippen MR) is 74.5 cm³/mol. The van der Waals surface area contributed by atoms with Gasteiger partial charge in [-0.1, -0.05) is 0 Å². The number of fused-ring (bicyclic) bond motifs is 2. The third-order valence-electron chi connectivity index (χ3n) is 4.65. The summed E-state index contributed by atoms with van der Waals surface area (Å²) in [4.78, 5) is 25.9. The van der Waals surface area contributed by atoms with Gasteiger partial charge in [-0.2, -0.15) is 0 Å². The van der Waals surface area contributed by atoms with Crippen LogP contribution in [0.5, 0.6) is 0 Å². The summed E-state index contributed by atoms with van der Waals surface area (Å²) in [5.74, 6) is 1.32. The van der Waals surface area contributed by atoms with E-state index in [9.17, 15) is 9.59 Å². The standard InChI is InChI=1S/C15H17N3O2/c19-14-4-10-3-9(1-2-13(10)17-14)15(20)18-7-11-5-16-6-12(11)8-18/h1-3,11-12,16H,4-8H2,(H,17,19)/t11-,12+. The van der Waals surface area contributed by atoms with E-state index >= 15 is 0 Å². The molecule has 0 saturated carbocycles. The first kappa shape index (κ1) is 11.9. The molecule has 2 N–H and O–H groups in total. The van der Waals surface area contributed by atoms with E-state index in [0.717, 1.165) is 37.4 Å². The van der Waals surface area contributed by atoms with Crippen LogP contribution >= 0.6 is 0 Å². The Morgan fingerprint density at radius 3 is 2.70 bits per heavy atom. The molecule has 20 heavy (non-hydrogen) atoms. The number of nitrogens with one attached hydrogen (secondary N) is 2. The molecule has 2 atom stereocenters. The minimum Gasteiger partial charge on any atom is -0.338 e. The van der Waals surface area contributed by atoms with Gasteiger partial charge in [0.2, 0.25) is 5.91 Å². The smallest absolute Gasteiger partial charge is 0.253 e. The summed E-state index contributed by atoms with van der Waals surface area (Å²) >= 11 is 0. The summed E-state index contributed by atoms with van der Waals surface area (Å²) in [5, 5.41) is 6.17. The largest absolute Gasteiger partial charge is 0.338 e. The van der Waals surface area contributed by atoms with Gasteiger partial charge in [0.1, 0.15) is 0 Å². The Morgan fingerprint density at radius 1 is 1.20 bits per heavy atom. The molecule has 5 nitrogen and oxygen atoms in total. The maximum absolute atomic E-state index is 12.6. The minimum absolute atomic E-state index is 0.00591. The van der Waals surface area contributed by atoms with E-state index in [2.05, 4.69) is 10.6 Å². The zero-order valence-electron chi connectivity index (χ0n) is 11.2. The highest BCUT2D eigenvalue weighted by Crippen LogP contribution is 2.29. The fourth-order valence-corrected chi connectivity index (χ4v) is 3.57. The monoisotopic (exact) mass is 271 g/mol. The van der Waals surface area contributed by atoms with Crippen molar-refractivity contribution < 1.29 is 9.59 Å². The molecule has 0 aromatic heterocycles. The van der Waals surface area contributed by atoms with E-state index in [1.54, 1.807) is 0 Å². The number of amides is 2. The van der Waals surface area contributed by atoms with Gasteiger partial charge in [0.25, 0.3) is 5.91 Å². The average molecular weight is 271 g/mol. The molecule has 1 aromatic rings. The van der Waals surface area contributed by atoms with Crippen molar-refractivity contribution in [2.45, 2.75) is 6.42 Å². The summed E-state index contributed by atoms with van der Waals surface area (Å²) < 4.78 is 0. The second-order valence-electron chi connectivity index (χ2n) is 5.99. The van der Waals surface area contributed by atoms with Crippen molar-refractivity contribution in [3.8, 4) is 0 Å². The van der Waals surface area contributed by atoms with Crippen molar-refractivity contribution in [3.63, 3.8) is 0 Å². The summed E-state index contributed by atoms with van der Waals surface area (Å²) in [6.45, 7) is 3.75. The summed E-state index contributed by atoms with van der Waals surface area (Å²) in [6.07, 6.45) is 0.381. The number of hydrogen-bond donors (Lipinski definition) is 2. The fourth-order valence-electron chi connectivity index (χ4n) is 3.57. The van der Waals surface area contributed by atoms with Gasteiger partial charge in [-0.3, -0.25) is 9.59 Å². The molecule has 3 aliphatic heterocycles. The fraction of sp³-hybridized carbons (Fsp3) is 0.467. The summed E-state index contributed by atoms with van der Waals surface area (Å²) in [5.41, 5.74) is 2.48. The SMILES string of the molecule is O=C1Cc2cc(C(=O)N3C[C@H]4CNC[C@H]4C3)ccc2N1. The topological polar surface area (TPSA) is 61.4 Å². The molecule has 3 aliphatic rings. The number of hydrogen-bond acceptors (Lipinski definition) is 3. The van der Waals surface area contributed by atoms with Crippen LogP contribution in [0.2, 0.25) is 0 Å². The van der Waals surface area contributed by atoms with E-state index in [1.165, 1.54) is 0 Å². The Kier molecular flexibility index (Phi) is 2.57. The third kappa shape index (κ3) is 1.81. The van der Waals surface area contributed by atoms with Crippen molar-refractivity contribution in [3.05, 3.63) is 29.3 Å². The highest BCUT2D eigenvalue weighted by atomic mass is 16.2. The number of likely N-dealkylation sites (tertiary alicyclic amines) is 1. The Bertz CT molecular complexity index is 587. The number of anilines is 1. The van der Waals surface area contributed by atoms with E-state index in [0.29, 0.717) is 23.8 Å². The predicted octanol–water partition coefficient (Wildman–Crippen LogP) is 0.473. The Balaban J connectivity index is 1.55. The summed E-state index contributed by atoms with van der Waals surface area (Å²) in [7, 11) is 0. The minimum atomic E-state index is 0.00591. The van der Waals surface area contributed by atoms with E-state index in [-0.39, 0.29) is 11.8 Å². The molecule has 0 bridgehead atoms. The van der Waals surface area contributed by atoms with Crippen LogP contribution in [-0.4, -0.2) is 42.9 Å². The number of carbonyl (C=O) groups is 2. The van der Waals surface area contributed by atoms with E-state index in [4.69, 9.17) is 0 Å². The maximum Gasteiger partial charge on any atom is 0.253 e. The van der Waals surface area contributed by atoms with Crippen LogP contribution in [0, 0.1) is 11.8 Å². The van der Waals surface area contributed by atoms with Crippen LogP contribution in [0.4, 0.5) is 5.69 Å². The van der Waals surface area contributed by atoms with Crippen LogP contribution in [-0.2, 0) is 11.2 Å². The lowest BCUT2D eigenvalue weighted by molar-refractivity contribution is -0.115. The van der Waals surface area contributed by atoms with Crippen molar-refractivity contribution >= 4 is 17.5 Å². The van der Waals surface area contributed by atoms with E-state index < -0.39 is 0 Å². The molecule has 2 fully saturated rings. The second kappa shape index (κ2) is 4.31. The second-order valence-corrected chi connectivity index (χ2v) is 5.99. The van der Waals surface area contributed by atoms with Gasteiger partial charge >= 0.3 is 0 Å². The molecule has 0 spiro atoms. The number of benzene rings is 1. The highest BCUT2D eigenvalue weighted by Gasteiger charge is 2.38. The van der Waals surface area contributed by atoms with Gasteiger partial charge in [-0.05, 0) is 35.6 Å². The van der Waals surface area contributed by atoms with Gasteiger partial charge < -0.3 is 15.5 Å². The molecule has 104 valence electrons. The van der Waals surface area contributed by atoms with Gasteiger partial charge in [0.05, 0.1) is 6.42 Å².